The van der Waals surface area contributed by atoms with E-state index in [1.807, 2.05) is 6.07 Å². The summed E-state index contributed by atoms with van der Waals surface area (Å²) in [4.78, 5) is 22.0. The molecular formula is C10H14N2O3. The van der Waals surface area contributed by atoms with Crippen molar-refractivity contribution in [3.63, 3.8) is 0 Å². The van der Waals surface area contributed by atoms with Crippen LogP contribution in [-0.2, 0) is 14.3 Å². The maximum absolute atomic E-state index is 11.1. The van der Waals surface area contributed by atoms with Crippen molar-refractivity contribution in [1.29, 1.82) is 5.26 Å². The van der Waals surface area contributed by atoms with E-state index in [-0.39, 0.29) is 30.9 Å². The molecule has 1 aliphatic rings. The zero-order valence-corrected chi connectivity index (χ0v) is 8.49. The highest BCUT2D eigenvalue weighted by atomic mass is 16.5. The van der Waals surface area contributed by atoms with E-state index < -0.39 is 0 Å². The summed E-state index contributed by atoms with van der Waals surface area (Å²) in [5, 5.41) is 10.6. The summed E-state index contributed by atoms with van der Waals surface area (Å²) in [5.41, 5.74) is 0. The first-order valence-corrected chi connectivity index (χ1v) is 4.99. The molecule has 0 saturated heterocycles. The minimum Gasteiger partial charge on any atom is -0.368 e. The summed E-state index contributed by atoms with van der Waals surface area (Å²) < 4.78 is 5.32. The van der Waals surface area contributed by atoms with Gasteiger partial charge in [-0.3, -0.25) is 9.59 Å². The van der Waals surface area contributed by atoms with Crippen LogP contribution in [0.4, 0.5) is 0 Å². The lowest BCUT2D eigenvalue weighted by atomic mass is 9.96. The Morgan fingerprint density at radius 1 is 1.53 bits per heavy atom. The number of nitriles is 1. The van der Waals surface area contributed by atoms with Crippen LogP contribution in [0.25, 0.3) is 0 Å². The minimum absolute atomic E-state index is 0.00530. The number of ketones is 1. The fourth-order valence-electron chi connectivity index (χ4n) is 1.46. The molecule has 0 radical (unpaired) electrons. The molecule has 1 rings (SSSR count). The number of rotatable bonds is 4. The number of ether oxygens (including phenoxy) is 1. The van der Waals surface area contributed by atoms with Gasteiger partial charge in [0.15, 0.2) is 0 Å². The zero-order chi connectivity index (χ0) is 11.1. The van der Waals surface area contributed by atoms with Gasteiger partial charge in [-0.25, -0.2) is 0 Å². The van der Waals surface area contributed by atoms with Crippen molar-refractivity contribution in [3.8, 4) is 6.07 Å². The van der Waals surface area contributed by atoms with Gasteiger partial charge in [-0.15, -0.1) is 0 Å². The molecule has 0 heterocycles. The topological polar surface area (TPSA) is 79.2 Å². The first-order chi connectivity index (χ1) is 7.22. The molecule has 0 aromatic heterocycles. The van der Waals surface area contributed by atoms with E-state index in [4.69, 9.17) is 10.00 Å². The van der Waals surface area contributed by atoms with E-state index in [0.29, 0.717) is 25.7 Å². The molecule has 5 nitrogen and oxygen atoms in total. The van der Waals surface area contributed by atoms with Crippen LogP contribution in [0.1, 0.15) is 25.7 Å². The highest BCUT2D eigenvalue weighted by Crippen LogP contribution is 2.17. The molecule has 0 aliphatic heterocycles. The molecule has 0 spiro atoms. The SMILES string of the molecule is N#CCNC(=O)COC1CCC(=O)CC1. The number of nitrogens with zero attached hydrogens (tertiary/aromatic N) is 1. The highest BCUT2D eigenvalue weighted by Gasteiger charge is 2.19. The van der Waals surface area contributed by atoms with Crippen LogP contribution < -0.4 is 5.32 Å². The zero-order valence-electron chi connectivity index (χ0n) is 8.49. The summed E-state index contributed by atoms with van der Waals surface area (Å²) in [6.07, 6.45) is 2.50. The predicted molar refractivity (Wildman–Crippen MR) is 51.8 cm³/mol. The Morgan fingerprint density at radius 3 is 2.80 bits per heavy atom. The van der Waals surface area contributed by atoms with Crippen molar-refractivity contribution in [2.45, 2.75) is 31.8 Å². The fourth-order valence-corrected chi connectivity index (χ4v) is 1.46. The molecule has 0 atom stereocenters. The van der Waals surface area contributed by atoms with Crippen molar-refractivity contribution in [2.75, 3.05) is 13.2 Å². The summed E-state index contributed by atoms with van der Waals surface area (Å²) in [6.45, 7) is -0.0219. The standard InChI is InChI=1S/C10H14N2O3/c11-5-6-12-10(14)7-15-9-3-1-8(13)2-4-9/h9H,1-4,6-7H2,(H,12,14). The average Bonchev–Trinajstić information content (AvgIpc) is 2.25. The van der Waals surface area contributed by atoms with Crippen LogP contribution in [0.15, 0.2) is 0 Å². The van der Waals surface area contributed by atoms with Crippen molar-refractivity contribution in [3.05, 3.63) is 0 Å². The highest BCUT2D eigenvalue weighted by molar-refractivity contribution is 5.79. The van der Waals surface area contributed by atoms with E-state index in [2.05, 4.69) is 5.32 Å². The first-order valence-electron chi connectivity index (χ1n) is 4.99. The van der Waals surface area contributed by atoms with Gasteiger partial charge < -0.3 is 10.1 Å². The third kappa shape index (κ3) is 4.56. The lowest BCUT2D eigenvalue weighted by Crippen LogP contribution is -2.31. The maximum Gasteiger partial charge on any atom is 0.246 e. The fraction of sp³-hybridized carbons (Fsp3) is 0.700. The molecule has 1 aliphatic carbocycles. The molecule has 15 heavy (non-hydrogen) atoms. The van der Waals surface area contributed by atoms with Crippen LogP contribution >= 0.6 is 0 Å². The Kier molecular flexibility index (Phi) is 4.78. The van der Waals surface area contributed by atoms with Gasteiger partial charge in [-0.1, -0.05) is 0 Å². The van der Waals surface area contributed by atoms with Gasteiger partial charge >= 0.3 is 0 Å². The second-order valence-corrected chi connectivity index (χ2v) is 3.48. The lowest BCUT2D eigenvalue weighted by molar-refractivity contribution is -0.129. The van der Waals surface area contributed by atoms with Gasteiger partial charge in [0, 0.05) is 12.8 Å². The molecular weight excluding hydrogens is 196 g/mol. The normalized spacial score (nSPS) is 17.1. The second-order valence-electron chi connectivity index (χ2n) is 3.48. The van der Waals surface area contributed by atoms with E-state index in [0.717, 1.165) is 0 Å². The van der Waals surface area contributed by atoms with Crippen molar-refractivity contribution in [2.24, 2.45) is 0 Å². The van der Waals surface area contributed by atoms with Gasteiger partial charge in [0.2, 0.25) is 5.91 Å². The number of Topliss-reactive ketones (excluding diaryl/α,β-unsaturated/α-hetero) is 1. The summed E-state index contributed by atoms with van der Waals surface area (Å²) in [7, 11) is 0. The molecule has 0 bridgehead atoms. The van der Waals surface area contributed by atoms with Crippen molar-refractivity contribution in [1.82, 2.24) is 5.32 Å². The molecule has 1 fully saturated rings. The maximum atomic E-state index is 11.1. The lowest BCUT2D eigenvalue weighted by Gasteiger charge is -2.20. The number of amides is 1. The van der Waals surface area contributed by atoms with Gasteiger partial charge in [-0.2, -0.15) is 5.26 Å². The Morgan fingerprint density at radius 2 is 2.20 bits per heavy atom. The molecule has 0 unspecified atom stereocenters. The number of nitrogens with one attached hydrogen (secondary N) is 1. The monoisotopic (exact) mass is 210 g/mol. The van der Waals surface area contributed by atoms with Crippen LogP contribution in [0.5, 0.6) is 0 Å². The van der Waals surface area contributed by atoms with Gasteiger partial charge in [0.1, 0.15) is 18.9 Å². The number of hydrogen-bond donors (Lipinski definition) is 1. The van der Waals surface area contributed by atoms with E-state index in [9.17, 15) is 9.59 Å². The third-order valence-corrected chi connectivity index (χ3v) is 2.31. The van der Waals surface area contributed by atoms with Crippen LogP contribution in [-0.4, -0.2) is 30.9 Å². The number of hydrogen-bond acceptors (Lipinski definition) is 4. The summed E-state index contributed by atoms with van der Waals surface area (Å²) >= 11 is 0. The number of carbonyl (C=O) groups excluding carboxylic acids is 2. The molecule has 1 amide bonds. The van der Waals surface area contributed by atoms with Crippen molar-refractivity contribution < 1.29 is 14.3 Å². The minimum atomic E-state index is -0.284. The largest absolute Gasteiger partial charge is 0.368 e. The van der Waals surface area contributed by atoms with E-state index >= 15 is 0 Å². The molecule has 82 valence electrons. The quantitative estimate of drug-likeness (QED) is 0.670. The van der Waals surface area contributed by atoms with Crippen molar-refractivity contribution >= 4 is 11.7 Å². The molecule has 5 heteroatoms. The van der Waals surface area contributed by atoms with Gasteiger partial charge in [0.05, 0.1) is 12.2 Å². The summed E-state index contributed by atoms with van der Waals surface area (Å²) in [6, 6.07) is 1.81. The van der Waals surface area contributed by atoms with E-state index in [1.54, 1.807) is 0 Å². The number of carbonyl (C=O) groups is 2. The Bertz CT molecular complexity index is 273. The molecule has 1 N–H and O–H groups in total. The second kappa shape index (κ2) is 6.14. The first kappa shape index (κ1) is 11.7. The van der Waals surface area contributed by atoms with Gasteiger partial charge in [0.25, 0.3) is 0 Å². The Hall–Kier alpha value is -1.41. The summed E-state index contributed by atoms with van der Waals surface area (Å²) in [5.74, 6) is -0.0165. The third-order valence-electron chi connectivity index (χ3n) is 2.31. The van der Waals surface area contributed by atoms with Crippen LogP contribution in [0, 0.1) is 11.3 Å². The smallest absolute Gasteiger partial charge is 0.246 e. The molecule has 0 aromatic rings. The molecule has 1 saturated carbocycles. The van der Waals surface area contributed by atoms with E-state index in [1.165, 1.54) is 0 Å². The Balaban J connectivity index is 2.12. The van der Waals surface area contributed by atoms with Crippen LogP contribution in [0.3, 0.4) is 0 Å². The Labute approximate surface area is 88.4 Å². The molecule has 0 aromatic carbocycles. The average molecular weight is 210 g/mol. The predicted octanol–water partition coefficient (Wildman–Crippen LogP) is 0.154. The van der Waals surface area contributed by atoms with Gasteiger partial charge in [-0.05, 0) is 12.8 Å². The van der Waals surface area contributed by atoms with Crippen LogP contribution in [0.2, 0.25) is 0 Å².